The second kappa shape index (κ2) is 19.4. The zero-order valence-electron chi connectivity index (χ0n) is 25.5. The van der Waals surface area contributed by atoms with Crippen LogP contribution in [0.25, 0.3) is 0 Å². The van der Waals surface area contributed by atoms with E-state index in [9.17, 15) is 19.2 Å². The van der Waals surface area contributed by atoms with Gasteiger partial charge in [-0.15, -0.1) is 11.8 Å². The molecule has 8 nitrogen and oxygen atoms in total. The van der Waals surface area contributed by atoms with Gasteiger partial charge in [0.1, 0.15) is 5.78 Å². The number of primary amides is 2. The highest BCUT2D eigenvalue weighted by atomic mass is 32.2. The lowest BCUT2D eigenvalue weighted by molar-refractivity contribution is -0.127. The predicted molar refractivity (Wildman–Crippen MR) is 190 cm³/mol. The van der Waals surface area contributed by atoms with E-state index in [0.717, 1.165) is 16.7 Å². The lowest BCUT2D eigenvalue weighted by Crippen LogP contribution is -2.36. The normalized spacial score (nSPS) is 13.8. The molecule has 11 heteroatoms. The number of thioether (sulfide) groups is 1. The van der Waals surface area contributed by atoms with E-state index >= 15 is 0 Å². The highest BCUT2D eigenvalue weighted by molar-refractivity contribution is 8.00. The molecule has 0 aliphatic heterocycles. The molecular weight excluding hydrogens is 625 g/mol. The zero-order valence-corrected chi connectivity index (χ0v) is 28.1. The van der Waals surface area contributed by atoms with Crippen LogP contribution in [0.5, 0.6) is 0 Å². The van der Waals surface area contributed by atoms with Gasteiger partial charge in [0.15, 0.2) is 5.78 Å². The molecule has 45 heavy (non-hydrogen) atoms. The van der Waals surface area contributed by atoms with E-state index < -0.39 is 40.5 Å². The number of hydrogen-bond acceptors (Lipinski definition) is 9. The number of carbonyl (C=O) groups excluding carboxylic acids is 4. The summed E-state index contributed by atoms with van der Waals surface area (Å²) in [6.07, 6.45) is 0.659. The first-order chi connectivity index (χ1) is 21.5. The van der Waals surface area contributed by atoms with Crippen LogP contribution in [0.15, 0.2) is 91.0 Å². The van der Waals surface area contributed by atoms with Crippen molar-refractivity contribution in [2.45, 2.75) is 43.0 Å². The van der Waals surface area contributed by atoms with Crippen LogP contribution in [0.2, 0.25) is 0 Å². The molecule has 0 bridgehead atoms. The Hall–Kier alpha value is -3.09. The molecule has 0 unspecified atom stereocenters. The Morgan fingerprint density at radius 2 is 1.02 bits per heavy atom. The summed E-state index contributed by atoms with van der Waals surface area (Å²) < 4.78 is -0.562. The lowest BCUT2D eigenvalue weighted by atomic mass is 9.84. The van der Waals surface area contributed by atoms with Crippen LogP contribution in [-0.4, -0.2) is 52.7 Å². The van der Waals surface area contributed by atoms with Gasteiger partial charge in [0.05, 0.1) is 28.7 Å². The van der Waals surface area contributed by atoms with Crippen molar-refractivity contribution in [3.8, 4) is 0 Å². The number of ketones is 2. The molecule has 3 aromatic rings. The Bertz CT molecular complexity index is 1270. The number of hydrogen-bond donors (Lipinski definition) is 6. The lowest BCUT2D eigenvalue weighted by Gasteiger charge is -2.36. The van der Waals surface area contributed by atoms with Crippen molar-refractivity contribution in [2.75, 3.05) is 17.3 Å². The van der Waals surface area contributed by atoms with Crippen molar-refractivity contribution < 1.29 is 19.2 Å². The summed E-state index contributed by atoms with van der Waals surface area (Å²) in [5, 5.41) is 0. The van der Waals surface area contributed by atoms with Gasteiger partial charge in [0.2, 0.25) is 11.8 Å². The van der Waals surface area contributed by atoms with E-state index in [0.29, 0.717) is 12.2 Å². The third-order valence-electron chi connectivity index (χ3n) is 7.43. The second-order valence-corrected chi connectivity index (χ2v) is 12.6. The van der Waals surface area contributed by atoms with E-state index in [1.165, 1.54) is 0 Å². The minimum atomic E-state index is -0.620. The monoisotopic (exact) mass is 668 g/mol. The molecule has 0 saturated carbocycles. The number of thiol groups is 2. The third kappa shape index (κ3) is 11.0. The van der Waals surface area contributed by atoms with Gasteiger partial charge in [-0.25, -0.2) is 0 Å². The average Bonchev–Trinajstić information content (AvgIpc) is 3.07. The maximum Gasteiger partial charge on any atom is 0.221 e. The molecule has 0 spiro atoms. The molecule has 2 amide bonds. The van der Waals surface area contributed by atoms with Gasteiger partial charge in [0.25, 0.3) is 0 Å². The Morgan fingerprint density at radius 1 is 0.644 bits per heavy atom. The van der Waals surface area contributed by atoms with Crippen LogP contribution in [0.3, 0.4) is 0 Å². The van der Waals surface area contributed by atoms with Crippen LogP contribution in [0.1, 0.15) is 42.9 Å². The Morgan fingerprint density at radius 3 is 1.36 bits per heavy atom. The average molecular weight is 669 g/mol. The fourth-order valence-electron chi connectivity index (χ4n) is 4.61. The molecule has 0 radical (unpaired) electrons. The highest BCUT2D eigenvalue weighted by Gasteiger charge is 2.38. The summed E-state index contributed by atoms with van der Waals surface area (Å²) >= 11 is 9.42. The van der Waals surface area contributed by atoms with E-state index in [1.807, 2.05) is 61.5 Å². The smallest absolute Gasteiger partial charge is 0.221 e. The maximum absolute atomic E-state index is 12.5. The molecule has 3 rings (SSSR count). The molecule has 0 fully saturated rings. The summed E-state index contributed by atoms with van der Waals surface area (Å²) in [5.74, 6) is -1.50. The summed E-state index contributed by atoms with van der Waals surface area (Å²) in [4.78, 5) is 46.7. The fraction of sp³-hybridized carbons (Fsp3) is 0.353. The SMILES string of the molecule is CC[C@@H](N)C(=O)C[C@@H](CSC(c1ccccc1)(c1ccccc1)c1ccccc1)C(N)=O.NC(=O)[C@H](CS)CC(=O)[C@H](N)CS. The molecule has 242 valence electrons. The van der Waals surface area contributed by atoms with Gasteiger partial charge in [-0.2, -0.15) is 25.3 Å². The molecule has 3 aromatic carbocycles. The van der Waals surface area contributed by atoms with Crippen molar-refractivity contribution in [3.63, 3.8) is 0 Å². The zero-order chi connectivity index (χ0) is 33.4. The van der Waals surface area contributed by atoms with Gasteiger partial charge < -0.3 is 22.9 Å². The minimum Gasteiger partial charge on any atom is -0.369 e. The van der Waals surface area contributed by atoms with Crippen molar-refractivity contribution >= 4 is 60.4 Å². The number of rotatable bonds is 17. The third-order valence-corrected chi connectivity index (χ3v) is 9.97. The van der Waals surface area contributed by atoms with Crippen LogP contribution in [0, 0.1) is 11.8 Å². The van der Waals surface area contributed by atoms with Crippen molar-refractivity contribution in [1.82, 2.24) is 0 Å². The molecular formula is C34H44N4O4S3. The first-order valence-electron chi connectivity index (χ1n) is 14.7. The van der Waals surface area contributed by atoms with Crippen LogP contribution >= 0.6 is 37.0 Å². The van der Waals surface area contributed by atoms with Crippen LogP contribution in [0.4, 0.5) is 0 Å². The summed E-state index contributed by atoms with van der Waals surface area (Å²) in [5.41, 5.74) is 25.4. The maximum atomic E-state index is 12.5. The topological polar surface area (TPSA) is 172 Å². The van der Waals surface area contributed by atoms with Gasteiger partial charge in [-0.3, -0.25) is 19.2 Å². The first kappa shape index (κ1) is 38.1. The predicted octanol–water partition coefficient (Wildman–Crippen LogP) is 3.74. The van der Waals surface area contributed by atoms with E-state index in [-0.39, 0.29) is 35.9 Å². The second-order valence-electron chi connectivity index (χ2n) is 10.6. The Kier molecular flexibility index (Phi) is 16.4. The summed E-state index contributed by atoms with van der Waals surface area (Å²) in [7, 11) is 0. The van der Waals surface area contributed by atoms with Gasteiger partial charge in [-0.1, -0.05) is 97.9 Å². The molecule has 8 N–H and O–H groups in total. The first-order valence-corrected chi connectivity index (χ1v) is 16.9. The standard InChI is InChI=1S/C27H30N2O2S.C7H14N2O2S2/c1-2-24(28)25(30)18-20(26(29)31)19-32-27(21-12-6-3-7-13-21,22-14-8-4-9-15-22)23-16-10-5-11-17-23;8-5(3-13)6(10)1-4(2-12)7(9)11/h3-17,20,24H,2,18-19,28H2,1H3,(H2,29,31);4-5,12-13H,1-3,8H2,(H2,9,11)/t20-,24+;4-,5+/m00/s1. The number of amides is 2. The van der Waals surface area contributed by atoms with Crippen molar-refractivity contribution in [1.29, 1.82) is 0 Å². The number of Topliss-reactive ketones (excluding diaryl/α,β-unsaturated/α-hetero) is 2. The summed E-state index contributed by atoms with van der Waals surface area (Å²) in [6, 6.07) is 29.5. The highest BCUT2D eigenvalue weighted by Crippen LogP contribution is 2.49. The van der Waals surface area contributed by atoms with Gasteiger partial charge in [0, 0.05) is 30.1 Å². The molecule has 0 aromatic heterocycles. The minimum absolute atomic E-state index is 0.0561. The van der Waals surface area contributed by atoms with E-state index in [4.69, 9.17) is 22.9 Å². The van der Waals surface area contributed by atoms with E-state index in [1.54, 1.807) is 11.8 Å². The Labute approximate surface area is 281 Å². The molecule has 0 aliphatic rings. The fourth-order valence-corrected chi connectivity index (χ4v) is 6.76. The quantitative estimate of drug-likeness (QED) is 0.0939. The number of nitrogens with two attached hydrogens (primary N) is 4. The number of benzene rings is 3. The van der Waals surface area contributed by atoms with Crippen LogP contribution < -0.4 is 22.9 Å². The van der Waals surface area contributed by atoms with Gasteiger partial charge in [-0.05, 0) is 23.1 Å². The van der Waals surface area contributed by atoms with Crippen molar-refractivity contribution in [2.24, 2.45) is 34.8 Å². The number of carbonyl (C=O) groups is 4. The summed E-state index contributed by atoms with van der Waals surface area (Å²) in [6.45, 7) is 1.86. The molecule has 0 saturated heterocycles. The van der Waals surface area contributed by atoms with Gasteiger partial charge >= 0.3 is 0 Å². The largest absolute Gasteiger partial charge is 0.369 e. The molecule has 4 atom stereocenters. The Balaban J connectivity index is 0.000000459. The van der Waals surface area contributed by atoms with Crippen LogP contribution in [-0.2, 0) is 23.9 Å². The molecule has 0 aliphatic carbocycles. The van der Waals surface area contributed by atoms with Crippen molar-refractivity contribution in [3.05, 3.63) is 108 Å². The molecule has 0 heterocycles. The van der Waals surface area contributed by atoms with E-state index in [2.05, 4.69) is 61.7 Å².